The highest BCUT2D eigenvalue weighted by atomic mass is 35.5. The summed E-state index contributed by atoms with van der Waals surface area (Å²) in [6, 6.07) is 7.04. The molecule has 1 aromatic rings. The Kier molecular flexibility index (Phi) is 3.85. The highest BCUT2D eigenvalue weighted by molar-refractivity contribution is 6.30. The molecule has 3 heteroatoms. The van der Waals surface area contributed by atoms with Crippen LogP contribution < -0.4 is 5.32 Å². The van der Waals surface area contributed by atoms with Crippen LogP contribution in [0.5, 0.6) is 0 Å². The number of methoxy groups -OCH3 is 1. The first-order chi connectivity index (χ1) is 7.70. The van der Waals surface area contributed by atoms with Gasteiger partial charge in [-0.25, -0.2) is 0 Å². The molecule has 0 aromatic heterocycles. The van der Waals surface area contributed by atoms with Crippen LogP contribution in [0.25, 0.3) is 0 Å². The van der Waals surface area contributed by atoms with E-state index in [9.17, 15) is 0 Å². The molecule has 0 saturated carbocycles. The molecule has 88 valence electrons. The average Bonchev–Trinajstić information content (AvgIpc) is 2.61. The molecule has 0 amide bonds. The molecule has 0 saturated heterocycles. The summed E-state index contributed by atoms with van der Waals surface area (Å²) in [5.41, 5.74) is 2.78. The molecule has 1 aliphatic rings. The van der Waals surface area contributed by atoms with Gasteiger partial charge >= 0.3 is 0 Å². The third kappa shape index (κ3) is 2.57. The van der Waals surface area contributed by atoms with Crippen molar-refractivity contribution in [2.75, 3.05) is 13.7 Å². The maximum Gasteiger partial charge on any atom is 0.0613 e. The van der Waals surface area contributed by atoms with Crippen LogP contribution in [0.1, 0.15) is 30.5 Å². The Bertz CT molecular complexity index is 367. The molecule has 0 fully saturated rings. The van der Waals surface area contributed by atoms with Gasteiger partial charge in [-0.15, -0.1) is 0 Å². The third-order valence-electron chi connectivity index (χ3n) is 3.09. The van der Waals surface area contributed by atoms with Gasteiger partial charge in [-0.2, -0.15) is 0 Å². The number of ether oxygens (including phenoxy) is 1. The van der Waals surface area contributed by atoms with Crippen LogP contribution in [0.4, 0.5) is 0 Å². The molecule has 0 aliphatic heterocycles. The van der Waals surface area contributed by atoms with Crippen LogP contribution in [0.3, 0.4) is 0 Å². The first-order valence-electron chi connectivity index (χ1n) is 5.74. The molecule has 1 N–H and O–H groups in total. The van der Waals surface area contributed by atoms with Gasteiger partial charge in [0.1, 0.15) is 0 Å². The molecule has 2 nitrogen and oxygen atoms in total. The molecule has 2 unspecified atom stereocenters. The number of aryl methyl sites for hydroxylation is 1. The van der Waals surface area contributed by atoms with Crippen LogP contribution in [0, 0.1) is 0 Å². The summed E-state index contributed by atoms with van der Waals surface area (Å²) in [6.45, 7) is 2.90. The minimum Gasteiger partial charge on any atom is -0.383 e. The first-order valence-corrected chi connectivity index (χ1v) is 6.12. The van der Waals surface area contributed by atoms with E-state index in [0.29, 0.717) is 12.1 Å². The second kappa shape index (κ2) is 5.17. The number of rotatable bonds is 4. The van der Waals surface area contributed by atoms with Crippen molar-refractivity contribution in [1.29, 1.82) is 0 Å². The summed E-state index contributed by atoms with van der Waals surface area (Å²) in [7, 11) is 1.74. The summed E-state index contributed by atoms with van der Waals surface area (Å²) in [4.78, 5) is 0. The van der Waals surface area contributed by atoms with Crippen LogP contribution in [0.2, 0.25) is 5.02 Å². The predicted molar refractivity (Wildman–Crippen MR) is 67.0 cm³/mol. The molecule has 16 heavy (non-hydrogen) atoms. The quantitative estimate of drug-likeness (QED) is 0.872. The fourth-order valence-corrected chi connectivity index (χ4v) is 2.60. The largest absolute Gasteiger partial charge is 0.383 e. The Labute approximate surface area is 102 Å². The monoisotopic (exact) mass is 239 g/mol. The van der Waals surface area contributed by atoms with Gasteiger partial charge in [0.15, 0.2) is 0 Å². The highest BCUT2D eigenvalue weighted by Gasteiger charge is 2.23. The summed E-state index contributed by atoms with van der Waals surface area (Å²) in [5.74, 6) is 0. The van der Waals surface area contributed by atoms with E-state index in [4.69, 9.17) is 16.3 Å². The lowest BCUT2D eigenvalue weighted by Crippen LogP contribution is -2.32. The first kappa shape index (κ1) is 11.9. The van der Waals surface area contributed by atoms with E-state index in [1.54, 1.807) is 7.11 Å². The van der Waals surface area contributed by atoms with Gasteiger partial charge in [0.2, 0.25) is 0 Å². The van der Waals surface area contributed by atoms with E-state index < -0.39 is 0 Å². The van der Waals surface area contributed by atoms with Gasteiger partial charge in [0.25, 0.3) is 0 Å². The second-order valence-corrected chi connectivity index (χ2v) is 4.89. The van der Waals surface area contributed by atoms with Crippen LogP contribution >= 0.6 is 11.6 Å². The van der Waals surface area contributed by atoms with Crippen molar-refractivity contribution in [3.05, 3.63) is 34.3 Å². The number of hydrogen-bond donors (Lipinski definition) is 1. The molecular formula is C13H18ClNO. The van der Waals surface area contributed by atoms with Gasteiger partial charge in [-0.1, -0.05) is 17.7 Å². The second-order valence-electron chi connectivity index (χ2n) is 4.46. The summed E-state index contributed by atoms with van der Waals surface area (Å²) < 4.78 is 5.14. The van der Waals surface area contributed by atoms with Crippen molar-refractivity contribution in [1.82, 2.24) is 5.32 Å². The Morgan fingerprint density at radius 1 is 1.56 bits per heavy atom. The number of fused-ring (bicyclic) bond motifs is 1. The van der Waals surface area contributed by atoms with Crippen molar-refractivity contribution in [3.63, 3.8) is 0 Å². The predicted octanol–water partition coefficient (Wildman–Crippen LogP) is 2.95. The minimum atomic E-state index is 0.386. The Hall–Kier alpha value is -0.570. The topological polar surface area (TPSA) is 21.3 Å². The molecule has 0 spiro atoms. The molecule has 0 heterocycles. The van der Waals surface area contributed by atoms with Crippen molar-refractivity contribution in [3.8, 4) is 0 Å². The maximum absolute atomic E-state index is 5.99. The fourth-order valence-electron chi connectivity index (χ4n) is 2.40. The van der Waals surface area contributed by atoms with E-state index in [-0.39, 0.29) is 0 Å². The zero-order chi connectivity index (χ0) is 11.5. The lowest BCUT2D eigenvalue weighted by atomic mass is 10.1. The zero-order valence-corrected chi connectivity index (χ0v) is 10.6. The number of hydrogen-bond acceptors (Lipinski definition) is 2. The van der Waals surface area contributed by atoms with Crippen LogP contribution in [-0.4, -0.2) is 19.8 Å². The van der Waals surface area contributed by atoms with Crippen LogP contribution in [-0.2, 0) is 11.2 Å². The van der Waals surface area contributed by atoms with Crippen LogP contribution in [0.15, 0.2) is 18.2 Å². The van der Waals surface area contributed by atoms with E-state index in [1.165, 1.54) is 11.1 Å². The lowest BCUT2D eigenvalue weighted by molar-refractivity contribution is 0.166. The summed E-state index contributed by atoms with van der Waals surface area (Å²) in [5, 5.41) is 4.42. The normalized spacial score (nSPS) is 20.8. The maximum atomic E-state index is 5.99. The van der Waals surface area contributed by atoms with E-state index in [1.807, 2.05) is 6.07 Å². The summed E-state index contributed by atoms with van der Waals surface area (Å²) >= 11 is 5.99. The van der Waals surface area contributed by atoms with Gasteiger partial charge in [-0.05, 0) is 43.0 Å². The highest BCUT2D eigenvalue weighted by Crippen LogP contribution is 2.33. The van der Waals surface area contributed by atoms with Crippen molar-refractivity contribution < 1.29 is 4.74 Å². The zero-order valence-electron chi connectivity index (χ0n) is 9.79. The smallest absolute Gasteiger partial charge is 0.0613 e. The molecule has 0 radical (unpaired) electrons. The SMILES string of the molecule is COCC(C)NC1CCc2cc(Cl)ccc21. The molecule has 0 bridgehead atoms. The molecule has 2 rings (SSSR count). The fraction of sp³-hybridized carbons (Fsp3) is 0.538. The van der Waals surface area contributed by atoms with Crippen molar-refractivity contribution >= 4 is 11.6 Å². The Balaban J connectivity index is 2.06. The van der Waals surface area contributed by atoms with Crippen molar-refractivity contribution in [2.24, 2.45) is 0 Å². The summed E-state index contributed by atoms with van der Waals surface area (Å²) in [6.07, 6.45) is 2.27. The van der Waals surface area contributed by atoms with E-state index >= 15 is 0 Å². The van der Waals surface area contributed by atoms with Gasteiger partial charge in [0, 0.05) is 24.2 Å². The van der Waals surface area contributed by atoms with Gasteiger partial charge < -0.3 is 10.1 Å². The molecule has 1 aromatic carbocycles. The van der Waals surface area contributed by atoms with Gasteiger partial charge in [0.05, 0.1) is 6.61 Å². The number of nitrogens with one attached hydrogen (secondary N) is 1. The lowest BCUT2D eigenvalue weighted by Gasteiger charge is -2.19. The molecular weight excluding hydrogens is 222 g/mol. The van der Waals surface area contributed by atoms with Crippen molar-refractivity contribution in [2.45, 2.75) is 31.8 Å². The number of benzene rings is 1. The Morgan fingerprint density at radius 3 is 3.12 bits per heavy atom. The third-order valence-corrected chi connectivity index (χ3v) is 3.32. The average molecular weight is 240 g/mol. The van der Waals surface area contributed by atoms with Gasteiger partial charge in [-0.3, -0.25) is 0 Å². The Morgan fingerprint density at radius 2 is 2.38 bits per heavy atom. The molecule has 2 atom stereocenters. The number of halogens is 1. The van der Waals surface area contributed by atoms with E-state index in [2.05, 4.69) is 24.4 Å². The molecule has 1 aliphatic carbocycles. The minimum absolute atomic E-state index is 0.386. The standard InChI is InChI=1S/C13H18ClNO/c1-9(8-16-2)15-13-6-3-10-7-11(14)4-5-12(10)13/h4-5,7,9,13,15H,3,6,8H2,1-2H3. The van der Waals surface area contributed by atoms with E-state index in [0.717, 1.165) is 24.5 Å².